The van der Waals surface area contributed by atoms with Gasteiger partial charge in [0.2, 0.25) is 5.91 Å². The number of hydrogen-bond donors (Lipinski definition) is 2. The van der Waals surface area contributed by atoms with Crippen LogP contribution in [0.4, 0.5) is 13.9 Å². The van der Waals surface area contributed by atoms with Gasteiger partial charge in [0.1, 0.15) is 11.6 Å². The molecule has 5 nitrogen and oxygen atoms in total. The number of nitrogens with one attached hydrogen (secondary N) is 2. The Morgan fingerprint density at radius 3 is 2.55 bits per heavy atom. The molecule has 0 unspecified atom stereocenters. The maximum atomic E-state index is 13.6. The van der Waals surface area contributed by atoms with Gasteiger partial charge in [0.05, 0.1) is 11.3 Å². The van der Waals surface area contributed by atoms with Crippen molar-refractivity contribution >= 4 is 28.3 Å². The lowest BCUT2D eigenvalue weighted by Gasteiger charge is -2.06. The van der Waals surface area contributed by atoms with Gasteiger partial charge in [-0.3, -0.25) is 9.59 Å². The van der Waals surface area contributed by atoms with E-state index in [9.17, 15) is 18.4 Å². The maximum Gasteiger partial charge on any atom is 0.254 e. The van der Waals surface area contributed by atoms with Gasteiger partial charge < -0.3 is 10.6 Å². The van der Waals surface area contributed by atoms with Gasteiger partial charge >= 0.3 is 0 Å². The second kappa shape index (κ2) is 9.38. The zero-order valence-electron chi connectivity index (χ0n) is 15.7. The average molecular weight is 415 g/mol. The number of nitrogens with zero attached hydrogens (tertiary/aromatic N) is 1. The molecule has 0 aliphatic rings. The summed E-state index contributed by atoms with van der Waals surface area (Å²) in [6, 6.07) is 10.8. The van der Waals surface area contributed by atoms with E-state index in [1.165, 1.54) is 16.9 Å². The van der Waals surface area contributed by atoms with Gasteiger partial charge in [0.15, 0.2) is 5.13 Å². The van der Waals surface area contributed by atoms with Crippen LogP contribution < -0.4 is 10.6 Å². The van der Waals surface area contributed by atoms with E-state index >= 15 is 0 Å². The molecule has 29 heavy (non-hydrogen) atoms. The van der Waals surface area contributed by atoms with Crippen LogP contribution in [0.2, 0.25) is 0 Å². The molecule has 0 spiro atoms. The van der Waals surface area contributed by atoms with Crippen molar-refractivity contribution in [3.8, 4) is 11.3 Å². The Kier molecular flexibility index (Phi) is 6.66. The molecule has 0 aliphatic heterocycles. The zero-order chi connectivity index (χ0) is 20.8. The van der Waals surface area contributed by atoms with Crippen LogP contribution in [-0.4, -0.2) is 23.3 Å². The summed E-state index contributed by atoms with van der Waals surface area (Å²) in [5.74, 6) is -2.74. The number of thiazole rings is 1. The molecule has 8 heteroatoms. The van der Waals surface area contributed by atoms with E-state index in [4.69, 9.17) is 0 Å². The molecule has 0 radical (unpaired) electrons. The Bertz CT molecular complexity index is 1020. The van der Waals surface area contributed by atoms with Gasteiger partial charge in [-0.15, -0.1) is 11.3 Å². The molecule has 3 rings (SSSR count). The Morgan fingerprint density at radius 1 is 1.10 bits per heavy atom. The topological polar surface area (TPSA) is 71.1 Å². The van der Waals surface area contributed by atoms with E-state index in [0.717, 1.165) is 29.8 Å². The first-order chi connectivity index (χ1) is 14.0. The van der Waals surface area contributed by atoms with Crippen molar-refractivity contribution in [2.24, 2.45) is 0 Å². The predicted molar refractivity (Wildman–Crippen MR) is 109 cm³/mol. The average Bonchev–Trinajstić information content (AvgIpc) is 3.16. The van der Waals surface area contributed by atoms with Crippen molar-refractivity contribution in [3.05, 3.63) is 70.6 Å². The van der Waals surface area contributed by atoms with Crippen LogP contribution in [0.5, 0.6) is 0 Å². The highest BCUT2D eigenvalue weighted by Crippen LogP contribution is 2.25. The first-order valence-electron chi connectivity index (χ1n) is 9.04. The van der Waals surface area contributed by atoms with Crippen LogP contribution >= 0.6 is 11.3 Å². The minimum Gasteiger partial charge on any atom is -0.351 e. The molecule has 1 heterocycles. The molecule has 0 fully saturated rings. The fourth-order valence-corrected chi connectivity index (χ4v) is 3.35. The monoisotopic (exact) mass is 415 g/mol. The molecule has 0 atom stereocenters. The lowest BCUT2D eigenvalue weighted by Crippen LogP contribution is -2.28. The Hall–Kier alpha value is -3.13. The maximum absolute atomic E-state index is 13.6. The lowest BCUT2D eigenvalue weighted by atomic mass is 10.1. The van der Waals surface area contributed by atoms with E-state index in [2.05, 4.69) is 22.5 Å². The number of carbonyl (C=O) groups excluding carboxylic acids is 2. The smallest absolute Gasteiger partial charge is 0.254 e. The van der Waals surface area contributed by atoms with Crippen LogP contribution in [-0.2, 0) is 11.2 Å². The van der Waals surface area contributed by atoms with Crippen molar-refractivity contribution in [1.82, 2.24) is 10.3 Å². The normalized spacial score (nSPS) is 10.6. The van der Waals surface area contributed by atoms with Gasteiger partial charge in [0.25, 0.3) is 5.91 Å². The van der Waals surface area contributed by atoms with Gasteiger partial charge in [-0.2, -0.15) is 0 Å². The number of carbonyl (C=O) groups is 2. The number of halogens is 2. The molecule has 1 aromatic heterocycles. The van der Waals surface area contributed by atoms with E-state index in [0.29, 0.717) is 11.2 Å². The number of benzene rings is 2. The lowest BCUT2D eigenvalue weighted by molar-refractivity contribution is -0.116. The quantitative estimate of drug-likeness (QED) is 0.601. The fraction of sp³-hybridized carbons (Fsp3) is 0.190. The minimum atomic E-state index is -0.950. The van der Waals surface area contributed by atoms with Crippen molar-refractivity contribution < 1.29 is 18.4 Å². The van der Waals surface area contributed by atoms with E-state index < -0.39 is 17.5 Å². The van der Waals surface area contributed by atoms with E-state index in [1.54, 1.807) is 0 Å². The summed E-state index contributed by atoms with van der Waals surface area (Å²) in [5, 5.41) is 7.43. The summed E-state index contributed by atoms with van der Waals surface area (Å²) in [5.41, 5.74) is 2.70. The largest absolute Gasteiger partial charge is 0.351 e. The molecule has 0 aliphatic carbocycles. The van der Waals surface area contributed by atoms with Crippen molar-refractivity contribution in [2.75, 3.05) is 11.9 Å². The number of aryl methyl sites for hydroxylation is 1. The third-order valence-corrected chi connectivity index (χ3v) is 4.98. The summed E-state index contributed by atoms with van der Waals surface area (Å²) < 4.78 is 26.5. The van der Waals surface area contributed by atoms with Gasteiger partial charge in [-0.1, -0.05) is 31.2 Å². The number of anilines is 1. The first kappa shape index (κ1) is 20.6. The minimum absolute atomic E-state index is 0.00529. The molecule has 2 N–H and O–H groups in total. The molecular formula is C21H19F2N3O2S. The first-order valence-corrected chi connectivity index (χ1v) is 9.92. The van der Waals surface area contributed by atoms with E-state index in [1.807, 2.05) is 29.6 Å². The molecule has 0 saturated carbocycles. The fourth-order valence-electron chi connectivity index (χ4n) is 2.62. The molecule has 0 bridgehead atoms. The predicted octanol–water partition coefficient (Wildman–Crippen LogP) is 4.41. The van der Waals surface area contributed by atoms with Crippen LogP contribution in [0, 0.1) is 11.6 Å². The molecule has 3 aromatic rings. The Morgan fingerprint density at radius 2 is 1.86 bits per heavy atom. The standard InChI is InChI=1S/C21H19F2N3O2S/c1-2-13-3-5-14(6-4-13)18-12-29-21(25-18)26-19(27)9-10-24-20(28)16-8-7-15(22)11-17(16)23/h3-8,11-12H,2,9-10H2,1H3,(H,24,28)(H,25,26,27). The van der Waals surface area contributed by atoms with Crippen molar-refractivity contribution in [3.63, 3.8) is 0 Å². The molecule has 2 aromatic carbocycles. The molecule has 150 valence electrons. The molecular weight excluding hydrogens is 396 g/mol. The highest BCUT2D eigenvalue weighted by Gasteiger charge is 2.13. The Labute approximate surface area is 170 Å². The second-order valence-electron chi connectivity index (χ2n) is 6.27. The number of rotatable bonds is 7. The third kappa shape index (κ3) is 5.45. The van der Waals surface area contributed by atoms with Crippen LogP contribution in [0.15, 0.2) is 47.8 Å². The number of hydrogen-bond acceptors (Lipinski definition) is 4. The van der Waals surface area contributed by atoms with Crippen LogP contribution in [0.25, 0.3) is 11.3 Å². The molecule has 0 saturated heterocycles. The van der Waals surface area contributed by atoms with Crippen molar-refractivity contribution in [2.45, 2.75) is 19.8 Å². The highest BCUT2D eigenvalue weighted by molar-refractivity contribution is 7.14. The zero-order valence-corrected chi connectivity index (χ0v) is 16.5. The summed E-state index contributed by atoms with van der Waals surface area (Å²) >= 11 is 1.31. The second-order valence-corrected chi connectivity index (χ2v) is 7.12. The highest BCUT2D eigenvalue weighted by atomic mass is 32.1. The van der Waals surface area contributed by atoms with Crippen molar-refractivity contribution in [1.29, 1.82) is 0 Å². The van der Waals surface area contributed by atoms with Gasteiger partial charge in [0, 0.05) is 30.0 Å². The summed E-state index contributed by atoms with van der Waals surface area (Å²) in [4.78, 5) is 28.4. The van der Waals surface area contributed by atoms with Gasteiger partial charge in [-0.25, -0.2) is 13.8 Å². The number of amides is 2. The summed E-state index contributed by atoms with van der Waals surface area (Å²) in [6.07, 6.45) is 0.956. The SMILES string of the molecule is CCc1ccc(-c2csc(NC(=O)CCNC(=O)c3ccc(F)cc3F)n2)cc1. The van der Waals surface area contributed by atoms with Crippen LogP contribution in [0.1, 0.15) is 29.3 Å². The van der Waals surface area contributed by atoms with E-state index in [-0.39, 0.29) is 24.4 Å². The van der Waals surface area contributed by atoms with Crippen LogP contribution in [0.3, 0.4) is 0 Å². The summed E-state index contributed by atoms with van der Waals surface area (Å²) in [6.45, 7) is 2.10. The molecule has 2 amide bonds. The number of aromatic nitrogens is 1. The summed E-state index contributed by atoms with van der Waals surface area (Å²) in [7, 11) is 0. The third-order valence-electron chi connectivity index (χ3n) is 4.22. The van der Waals surface area contributed by atoms with Gasteiger partial charge in [-0.05, 0) is 24.1 Å². The Balaban J connectivity index is 1.49.